The minimum absolute atomic E-state index is 0.0579. The van der Waals surface area contributed by atoms with E-state index in [1.165, 1.54) is 23.3 Å². The first kappa shape index (κ1) is 18.8. The van der Waals surface area contributed by atoms with Crippen molar-refractivity contribution in [1.82, 2.24) is 15.0 Å². The Labute approximate surface area is 170 Å². The van der Waals surface area contributed by atoms with Gasteiger partial charge in [-0.2, -0.15) is 18.2 Å². The number of rotatable bonds is 3. The van der Waals surface area contributed by atoms with Gasteiger partial charge in [-0.25, -0.2) is 0 Å². The number of benzene rings is 2. The maximum Gasteiger partial charge on any atom is 0.416 e. The molecule has 0 radical (unpaired) electrons. The fraction of sp³-hybridized carbons (Fsp3) is 0.318. The molecule has 0 N–H and O–H groups in total. The van der Waals surface area contributed by atoms with Gasteiger partial charge in [-0.15, -0.1) is 0 Å². The van der Waals surface area contributed by atoms with Gasteiger partial charge >= 0.3 is 6.18 Å². The second kappa shape index (κ2) is 6.97. The summed E-state index contributed by atoms with van der Waals surface area (Å²) in [6, 6.07) is 12.8. The van der Waals surface area contributed by atoms with Crippen molar-refractivity contribution in [1.29, 1.82) is 0 Å². The van der Waals surface area contributed by atoms with Gasteiger partial charge in [0.25, 0.3) is 5.89 Å². The van der Waals surface area contributed by atoms with Crippen LogP contribution >= 0.6 is 0 Å². The SMILES string of the molecule is O=C1CC(c2noc(-c3ccc(C(F)(F)F)cc3)n2)CN1C1CCc2ccccc21. The zero-order chi connectivity index (χ0) is 20.9. The highest BCUT2D eigenvalue weighted by Gasteiger charge is 2.40. The van der Waals surface area contributed by atoms with Gasteiger partial charge in [0.1, 0.15) is 0 Å². The number of fused-ring (bicyclic) bond motifs is 1. The highest BCUT2D eigenvalue weighted by Crippen LogP contribution is 2.40. The predicted molar refractivity (Wildman–Crippen MR) is 101 cm³/mol. The van der Waals surface area contributed by atoms with Crippen LogP contribution in [0.15, 0.2) is 53.1 Å². The number of carbonyl (C=O) groups is 1. The van der Waals surface area contributed by atoms with Crippen molar-refractivity contribution in [3.8, 4) is 11.5 Å². The number of amides is 1. The smallest absolute Gasteiger partial charge is 0.335 e. The lowest BCUT2D eigenvalue weighted by Crippen LogP contribution is -2.28. The number of alkyl halides is 3. The number of nitrogens with zero attached hydrogens (tertiary/aromatic N) is 3. The summed E-state index contributed by atoms with van der Waals surface area (Å²) in [6.07, 6.45) is -2.24. The lowest BCUT2D eigenvalue weighted by molar-refractivity contribution is -0.137. The molecule has 1 amide bonds. The number of carbonyl (C=O) groups excluding carboxylic acids is 1. The van der Waals surface area contributed by atoms with E-state index in [4.69, 9.17) is 4.52 Å². The predicted octanol–water partition coefficient (Wildman–Crippen LogP) is 4.76. The molecule has 1 fully saturated rings. The minimum Gasteiger partial charge on any atom is -0.335 e. The van der Waals surface area contributed by atoms with E-state index in [1.807, 2.05) is 17.0 Å². The summed E-state index contributed by atoms with van der Waals surface area (Å²) >= 11 is 0. The number of aryl methyl sites for hydroxylation is 1. The van der Waals surface area contributed by atoms with Crippen LogP contribution < -0.4 is 0 Å². The van der Waals surface area contributed by atoms with Crippen molar-refractivity contribution in [2.24, 2.45) is 0 Å². The van der Waals surface area contributed by atoms with E-state index in [9.17, 15) is 18.0 Å². The molecule has 0 spiro atoms. The summed E-state index contributed by atoms with van der Waals surface area (Å²) in [5.41, 5.74) is 2.15. The van der Waals surface area contributed by atoms with E-state index < -0.39 is 11.7 Å². The van der Waals surface area contributed by atoms with Crippen LogP contribution in [-0.2, 0) is 17.4 Å². The van der Waals surface area contributed by atoms with Crippen molar-refractivity contribution in [2.45, 2.75) is 37.4 Å². The molecular formula is C22H18F3N3O2. The topological polar surface area (TPSA) is 59.2 Å². The fourth-order valence-electron chi connectivity index (χ4n) is 4.38. The third kappa shape index (κ3) is 3.26. The normalized spacial score (nSPS) is 21.3. The molecule has 1 aliphatic carbocycles. The molecule has 2 atom stereocenters. The third-order valence-corrected chi connectivity index (χ3v) is 5.90. The monoisotopic (exact) mass is 413 g/mol. The number of hydrogen-bond donors (Lipinski definition) is 0. The van der Waals surface area contributed by atoms with Gasteiger partial charge < -0.3 is 9.42 Å². The van der Waals surface area contributed by atoms with Gasteiger partial charge in [0, 0.05) is 24.4 Å². The maximum absolute atomic E-state index is 12.7. The molecule has 30 heavy (non-hydrogen) atoms. The second-order valence-electron chi connectivity index (χ2n) is 7.73. The first-order valence-corrected chi connectivity index (χ1v) is 9.78. The molecule has 3 aromatic rings. The van der Waals surface area contributed by atoms with Crippen LogP contribution in [0.4, 0.5) is 13.2 Å². The van der Waals surface area contributed by atoms with Gasteiger partial charge in [-0.1, -0.05) is 29.4 Å². The van der Waals surface area contributed by atoms with Crippen LogP contribution in [0.5, 0.6) is 0 Å². The highest BCUT2D eigenvalue weighted by atomic mass is 19.4. The molecule has 1 aliphatic heterocycles. The molecular weight excluding hydrogens is 395 g/mol. The number of likely N-dealkylation sites (tertiary alicyclic amines) is 1. The van der Waals surface area contributed by atoms with Crippen molar-refractivity contribution < 1.29 is 22.5 Å². The minimum atomic E-state index is -4.40. The molecule has 0 saturated carbocycles. The first-order valence-electron chi connectivity index (χ1n) is 9.78. The molecule has 154 valence electrons. The molecule has 2 unspecified atom stereocenters. The van der Waals surface area contributed by atoms with E-state index in [0.29, 0.717) is 24.4 Å². The Morgan fingerprint density at radius 1 is 1.07 bits per heavy atom. The number of halogens is 3. The largest absolute Gasteiger partial charge is 0.416 e. The molecule has 1 aromatic heterocycles. The van der Waals surface area contributed by atoms with Crippen molar-refractivity contribution in [3.63, 3.8) is 0 Å². The number of aromatic nitrogens is 2. The Bertz CT molecular complexity index is 1090. The quantitative estimate of drug-likeness (QED) is 0.621. The third-order valence-electron chi connectivity index (χ3n) is 5.90. The van der Waals surface area contributed by atoms with E-state index >= 15 is 0 Å². The van der Waals surface area contributed by atoms with Crippen LogP contribution in [0.25, 0.3) is 11.5 Å². The van der Waals surface area contributed by atoms with Gasteiger partial charge in [-0.05, 0) is 48.2 Å². The van der Waals surface area contributed by atoms with Crippen molar-refractivity contribution in [2.75, 3.05) is 6.54 Å². The van der Waals surface area contributed by atoms with Gasteiger partial charge in [0.2, 0.25) is 5.91 Å². The molecule has 2 aromatic carbocycles. The van der Waals surface area contributed by atoms with Crippen molar-refractivity contribution in [3.05, 3.63) is 71.0 Å². The summed E-state index contributed by atoms with van der Waals surface area (Å²) in [7, 11) is 0. The molecule has 5 nitrogen and oxygen atoms in total. The molecule has 1 saturated heterocycles. The van der Waals surface area contributed by atoms with Crippen LogP contribution in [-0.4, -0.2) is 27.5 Å². The summed E-state index contributed by atoms with van der Waals surface area (Å²) in [5, 5.41) is 4.00. The van der Waals surface area contributed by atoms with Crippen molar-refractivity contribution >= 4 is 5.91 Å². The van der Waals surface area contributed by atoms with E-state index in [2.05, 4.69) is 22.3 Å². The zero-order valence-electron chi connectivity index (χ0n) is 15.9. The molecule has 8 heteroatoms. The lowest BCUT2D eigenvalue weighted by atomic mass is 10.1. The summed E-state index contributed by atoms with van der Waals surface area (Å²) in [5.74, 6) is 0.419. The average Bonchev–Trinajstić information content (AvgIpc) is 3.45. The maximum atomic E-state index is 12.7. The van der Waals surface area contributed by atoms with Crippen LogP contribution in [0, 0.1) is 0 Å². The van der Waals surface area contributed by atoms with Crippen LogP contribution in [0.3, 0.4) is 0 Å². The highest BCUT2D eigenvalue weighted by molar-refractivity contribution is 5.80. The van der Waals surface area contributed by atoms with E-state index in [0.717, 1.165) is 25.0 Å². The Kier molecular flexibility index (Phi) is 4.38. The van der Waals surface area contributed by atoms with Crippen LogP contribution in [0.1, 0.15) is 47.3 Å². The molecule has 0 bridgehead atoms. The van der Waals surface area contributed by atoms with Gasteiger partial charge in [0.05, 0.1) is 11.6 Å². The molecule has 2 aliphatic rings. The standard InChI is InChI=1S/C22H18F3N3O2/c23-22(24,25)16-8-5-14(6-9-16)21-26-20(27-30-21)15-11-19(29)28(12-15)18-10-7-13-3-1-2-4-17(13)18/h1-6,8-9,15,18H,7,10-12H2. The Morgan fingerprint density at radius 2 is 1.83 bits per heavy atom. The Hall–Kier alpha value is -3.16. The summed E-state index contributed by atoms with van der Waals surface area (Å²) in [6.45, 7) is 0.504. The Morgan fingerprint density at radius 3 is 2.60 bits per heavy atom. The van der Waals surface area contributed by atoms with E-state index in [1.54, 1.807) is 0 Å². The Balaban J connectivity index is 1.33. The second-order valence-corrected chi connectivity index (χ2v) is 7.73. The van der Waals surface area contributed by atoms with Crippen LogP contribution in [0.2, 0.25) is 0 Å². The fourth-order valence-corrected chi connectivity index (χ4v) is 4.38. The average molecular weight is 413 g/mol. The van der Waals surface area contributed by atoms with Gasteiger partial charge in [-0.3, -0.25) is 4.79 Å². The first-order chi connectivity index (χ1) is 14.4. The summed E-state index contributed by atoms with van der Waals surface area (Å²) < 4.78 is 43.5. The van der Waals surface area contributed by atoms with Gasteiger partial charge in [0.15, 0.2) is 5.82 Å². The molecule has 5 rings (SSSR count). The summed E-state index contributed by atoms with van der Waals surface area (Å²) in [4.78, 5) is 18.9. The number of hydrogen-bond acceptors (Lipinski definition) is 4. The zero-order valence-corrected chi connectivity index (χ0v) is 15.9. The lowest BCUT2D eigenvalue weighted by Gasteiger charge is -2.25. The molecule has 2 heterocycles. The van der Waals surface area contributed by atoms with E-state index in [-0.39, 0.29) is 23.8 Å².